The van der Waals surface area contributed by atoms with Gasteiger partial charge in [-0.15, -0.1) is 0 Å². The van der Waals surface area contributed by atoms with Gasteiger partial charge < -0.3 is 9.47 Å². The fourth-order valence-corrected chi connectivity index (χ4v) is 3.49. The summed E-state index contributed by atoms with van der Waals surface area (Å²) in [7, 11) is -4.08. The Kier molecular flexibility index (Phi) is 4.97. The van der Waals surface area contributed by atoms with Crippen LogP contribution >= 0.6 is 15.9 Å². The zero-order valence-corrected chi connectivity index (χ0v) is 13.2. The van der Waals surface area contributed by atoms with Gasteiger partial charge in [-0.3, -0.25) is 0 Å². The number of hydrogen-bond acceptors (Lipinski definition) is 5. The van der Waals surface area contributed by atoms with Crippen LogP contribution in [0, 0.1) is 11.7 Å². The SMILES string of the molecule is NS(=O)(=O)c1cc(C(=O)OCC2CCOC2)c(F)cc1Br. The molecule has 2 N–H and O–H groups in total. The molecule has 0 radical (unpaired) electrons. The molecule has 116 valence electrons. The first-order valence-corrected chi connectivity index (χ1v) is 8.39. The molecular formula is C12H13BrFNO5S. The number of nitrogens with two attached hydrogens (primary N) is 1. The van der Waals surface area contributed by atoms with Crippen LogP contribution in [0.3, 0.4) is 0 Å². The topological polar surface area (TPSA) is 95.7 Å². The second-order valence-corrected chi connectivity index (χ2v) is 7.02. The van der Waals surface area contributed by atoms with Crippen LogP contribution in [-0.4, -0.2) is 34.2 Å². The predicted octanol–water partition coefficient (Wildman–Crippen LogP) is 1.43. The number of benzene rings is 1. The first-order chi connectivity index (χ1) is 9.79. The molecular weight excluding hydrogens is 369 g/mol. The van der Waals surface area contributed by atoms with Crippen molar-refractivity contribution in [1.82, 2.24) is 0 Å². The number of ether oxygens (including phenoxy) is 2. The number of primary sulfonamides is 1. The van der Waals surface area contributed by atoms with Crippen molar-refractivity contribution in [2.75, 3.05) is 19.8 Å². The van der Waals surface area contributed by atoms with Gasteiger partial charge in [-0.05, 0) is 34.5 Å². The Labute approximate surface area is 129 Å². The van der Waals surface area contributed by atoms with E-state index in [1.165, 1.54) is 0 Å². The molecule has 1 unspecified atom stereocenters. The largest absolute Gasteiger partial charge is 0.462 e. The quantitative estimate of drug-likeness (QED) is 0.795. The van der Waals surface area contributed by atoms with E-state index in [-0.39, 0.29) is 21.9 Å². The molecule has 1 aliphatic heterocycles. The highest BCUT2D eigenvalue weighted by atomic mass is 79.9. The molecule has 1 aliphatic rings. The standard InChI is InChI=1S/C12H13BrFNO5S/c13-9-4-10(14)8(3-11(9)21(15,17)18)12(16)20-6-7-1-2-19-5-7/h3-4,7H,1-2,5-6H2,(H2,15,17,18). The second-order valence-electron chi connectivity index (χ2n) is 4.64. The van der Waals surface area contributed by atoms with Crippen LogP contribution in [-0.2, 0) is 19.5 Å². The zero-order chi connectivity index (χ0) is 15.6. The van der Waals surface area contributed by atoms with E-state index in [2.05, 4.69) is 15.9 Å². The first kappa shape index (κ1) is 16.3. The minimum Gasteiger partial charge on any atom is -0.462 e. The molecule has 6 nitrogen and oxygen atoms in total. The summed E-state index contributed by atoms with van der Waals surface area (Å²) in [5.41, 5.74) is -0.471. The first-order valence-electron chi connectivity index (χ1n) is 6.05. The number of carbonyl (C=O) groups is 1. The normalized spacial score (nSPS) is 18.7. The van der Waals surface area contributed by atoms with Crippen LogP contribution < -0.4 is 5.14 Å². The van der Waals surface area contributed by atoms with Crippen LogP contribution in [0.4, 0.5) is 4.39 Å². The Balaban J connectivity index is 2.20. The van der Waals surface area contributed by atoms with Gasteiger partial charge in [-0.2, -0.15) is 0 Å². The van der Waals surface area contributed by atoms with E-state index in [1.54, 1.807) is 0 Å². The monoisotopic (exact) mass is 381 g/mol. The highest BCUT2D eigenvalue weighted by Gasteiger charge is 2.23. The molecule has 1 saturated heterocycles. The molecule has 1 aromatic rings. The maximum Gasteiger partial charge on any atom is 0.341 e. The fraction of sp³-hybridized carbons (Fsp3) is 0.417. The van der Waals surface area contributed by atoms with Gasteiger partial charge in [-0.25, -0.2) is 22.7 Å². The summed E-state index contributed by atoms with van der Waals surface area (Å²) in [6.45, 7) is 1.18. The van der Waals surface area contributed by atoms with Gasteiger partial charge in [0.15, 0.2) is 0 Å². The Bertz CT molecular complexity index is 658. The molecule has 0 aliphatic carbocycles. The molecule has 0 aromatic heterocycles. The van der Waals surface area contributed by atoms with Crippen molar-refractivity contribution < 1.29 is 27.1 Å². The zero-order valence-electron chi connectivity index (χ0n) is 10.8. The number of halogens is 2. The van der Waals surface area contributed by atoms with E-state index < -0.39 is 27.4 Å². The third kappa shape index (κ3) is 4.00. The lowest BCUT2D eigenvalue weighted by Gasteiger charge is -2.11. The average molecular weight is 382 g/mol. The molecule has 21 heavy (non-hydrogen) atoms. The molecule has 1 heterocycles. The van der Waals surface area contributed by atoms with Crippen LogP contribution in [0.5, 0.6) is 0 Å². The van der Waals surface area contributed by atoms with E-state index in [1.807, 2.05) is 0 Å². The number of sulfonamides is 1. The molecule has 0 amide bonds. The summed E-state index contributed by atoms with van der Waals surface area (Å²) in [6.07, 6.45) is 0.762. The fourth-order valence-electron chi connectivity index (χ4n) is 1.89. The van der Waals surface area contributed by atoms with Crippen molar-refractivity contribution in [3.8, 4) is 0 Å². The van der Waals surface area contributed by atoms with Crippen molar-refractivity contribution in [2.24, 2.45) is 11.1 Å². The summed E-state index contributed by atoms with van der Waals surface area (Å²) in [5, 5.41) is 5.00. The van der Waals surface area contributed by atoms with Crippen molar-refractivity contribution >= 4 is 31.9 Å². The predicted molar refractivity (Wildman–Crippen MR) is 74.7 cm³/mol. The Morgan fingerprint density at radius 2 is 2.24 bits per heavy atom. The molecule has 9 heteroatoms. The van der Waals surface area contributed by atoms with Gasteiger partial charge in [0.1, 0.15) is 5.82 Å². The van der Waals surface area contributed by atoms with Crippen LogP contribution in [0.25, 0.3) is 0 Å². The number of rotatable bonds is 4. The van der Waals surface area contributed by atoms with Crippen molar-refractivity contribution in [1.29, 1.82) is 0 Å². The third-order valence-corrected chi connectivity index (χ3v) is 4.89. The molecule has 1 fully saturated rings. The molecule has 0 bridgehead atoms. The summed E-state index contributed by atoms with van der Waals surface area (Å²) in [6, 6.07) is 1.73. The summed E-state index contributed by atoms with van der Waals surface area (Å²) in [5.74, 6) is -1.75. The maximum atomic E-state index is 13.8. The lowest BCUT2D eigenvalue weighted by atomic mass is 10.1. The van der Waals surface area contributed by atoms with Gasteiger partial charge in [-0.1, -0.05) is 0 Å². The average Bonchev–Trinajstić information content (AvgIpc) is 2.87. The molecule has 1 atom stereocenters. The highest BCUT2D eigenvalue weighted by molar-refractivity contribution is 9.10. The number of esters is 1. The van der Waals surface area contributed by atoms with Crippen molar-refractivity contribution in [2.45, 2.75) is 11.3 Å². The van der Waals surface area contributed by atoms with Crippen LogP contribution in [0.1, 0.15) is 16.8 Å². The summed E-state index contributed by atoms with van der Waals surface area (Å²) >= 11 is 2.89. The second kappa shape index (κ2) is 6.39. The molecule has 2 rings (SSSR count). The summed E-state index contributed by atoms with van der Waals surface area (Å²) < 4.78 is 46.6. The highest BCUT2D eigenvalue weighted by Crippen LogP contribution is 2.25. The number of hydrogen-bond donors (Lipinski definition) is 1. The molecule has 1 aromatic carbocycles. The van der Waals surface area contributed by atoms with E-state index >= 15 is 0 Å². The van der Waals surface area contributed by atoms with Crippen LogP contribution in [0.15, 0.2) is 21.5 Å². The van der Waals surface area contributed by atoms with Gasteiger partial charge in [0.25, 0.3) is 0 Å². The Morgan fingerprint density at radius 1 is 1.52 bits per heavy atom. The van der Waals surface area contributed by atoms with Crippen molar-refractivity contribution in [3.63, 3.8) is 0 Å². The van der Waals surface area contributed by atoms with Gasteiger partial charge >= 0.3 is 5.97 Å². The smallest absolute Gasteiger partial charge is 0.341 e. The molecule has 0 saturated carbocycles. The third-order valence-electron chi connectivity index (χ3n) is 3.02. The van der Waals surface area contributed by atoms with Crippen molar-refractivity contribution in [3.05, 3.63) is 28.0 Å². The van der Waals surface area contributed by atoms with Gasteiger partial charge in [0, 0.05) is 17.0 Å². The maximum absolute atomic E-state index is 13.8. The lowest BCUT2D eigenvalue weighted by Crippen LogP contribution is -2.18. The van der Waals surface area contributed by atoms with E-state index in [0.29, 0.717) is 13.2 Å². The summed E-state index contributed by atoms with van der Waals surface area (Å²) in [4.78, 5) is 11.5. The Hall–Kier alpha value is -1.03. The molecule has 0 spiro atoms. The van der Waals surface area contributed by atoms with E-state index in [4.69, 9.17) is 14.6 Å². The van der Waals surface area contributed by atoms with Crippen LogP contribution in [0.2, 0.25) is 0 Å². The van der Waals surface area contributed by atoms with Gasteiger partial charge in [0.2, 0.25) is 10.0 Å². The lowest BCUT2D eigenvalue weighted by molar-refractivity contribution is 0.0422. The minimum absolute atomic E-state index is 0.0526. The Morgan fingerprint density at radius 3 is 2.81 bits per heavy atom. The minimum atomic E-state index is -4.08. The van der Waals surface area contributed by atoms with E-state index in [9.17, 15) is 17.6 Å². The number of carbonyl (C=O) groups excluding carboxylic acids is 1. The van der Waals surface area contributed by atoms with E-state index in [0.717, 1.165) is 18.6 Å². The van der Waals surface area contributed by atoms with Gasteiger partial charge in [0.05, 0.1) is 23.7 Å².